The van der Waals surface area contributed by atoms with E-state index in [9.17, 15) is 22.8 Å². The van der Waals surface area contributed by atoms with Crippen molar-refractivity contribution < 1.29 is 32.2 Å². The Morgan fingerprint density at radius 2 is 1.78 bits per heavy atom. The van der Waals surface area contributed by atoms with Gasteiger partial charge in [-0.05, 0) is 62.2 Å². The maximum atomic E-state index is 13.4. The molecule has 2 amide bonds. The van der Waals surface area contributed by atoms with E-state index >= 15 is 0 Å². The van der Waals surface area contributed by atoms with Crippen molar-refractivity contribution in [2.75, 3.05) is 7.11 Å². The van der Waals surface area contributed by atoms with Gasteiger partial charge in [-0.1, -0.05) is 0 Å². The number of halogens is 3. The highest BCUT2D eigenvalue weighted by atomic mass is 19.4. The number of benzene rings is 1. The lowest BCUT2D eigenvalue weighted by Gasteiger charge is -2.17. The van der Waals surface area contributed by atoms with Crippen LogP contribution in [0, 0.1) is 6.92 Å². The zero-order valence-corrected chi connectivity index (χ0v) is 19.5. The van der Waals surface area contributed by atoms with Crippen LogP contribution in [0.2, 0.25) is 0 Å². The fourth-order valence-corrected chi connectivity index (χ4v) is 3.41. The predicted octanol–water partition coefficient (Wildman–Crippen LogP) is 4.18. The van der Waals surface area contributed by atoms with E-state index in [1.165, 1.54) is 43.8 Å². The average Bonchev–Trinajstić information content (AvgIpc) is 3.64. The van der Waals surface area contributed by atoms with Crippen molar-refractivity contribution in [2.45, 2.75) is 38.0 Å². The summed E-state index contributed by atoms with van der Waals surface area (Å²) in [5.41, 5.74) is -0.350. The molecule has 0 atom stereocenters. The van der Waals surface area contributed by atoms with E-state index in [1.54, 1.807) is 12.1 Å². The highest BCUT2D eigenvalue weighted by Gasteiger charge is 2.51. The molecule has 0 spiro atoms. The number of alkyl halides is 3. The zero-order chi connectivity index (χ0) is 25.9. The zero-order valence-electron chi connectivity index (χ0n) is 19.5. The van der Waals surface area contributed by atoms with Crippen molar-refractivity contribution in [3.05, 3.63) is 77.4 Å². The van der Waals surface area contributed by atoms with E-state index in [-0.39, 0.29) is 35.6 Å². The first-order valence-electron chi connectivity index (χ1n) is 11.0. The molecule has 2 aromatic heterocycles. The second kappa shape index (κ2) is 9.84. The highest BCUT2D eigenvalue weighted by molar-refractivity contribution is 6.00. The van der Waals surface area contributed by atoms with Crippen LogP contribution in [0.4, 0.5) is 13.2 Å². The Kier molecular flexibility index (Phi) is 6.82. The lowest BCUT2D eigenvalue weighted by atomic mass is 10.2. The average molecular weight is 500 g/mol. The molecular weight excluding hydrogens is 477 g/mol. The molecule has 3 aromatic rings. The number of amides is 2. The summed E-state index contributed by atoms with van der Waals surface area (Å²) in [6.45, 7) is 1.88. The van der Waals surface area contributed by atoms with Crippen molar-refractivity contribution >= 4 is 11.8 Å². The molecule has 4 rings (SSSR count). The standard InChI is InChI=1S/C25H23F3N4O4/c1-15-3-4-16(12-29-15)22(33)32-24(9-10-24)23(34)31-13-17-5-6-19(14-30-17)36-21-8-7-18(35-2)11-20(21)25(26,27)28/h3-8,11-12,14H,9-10,13H2,1-2H3,(H,31,34)(H,32,33). The van der Waals surface area contributed by atoms with Crippen LogP contribution in [-0.2, 0) is 17.5 Å². The second-order valence-corrected chi connectivity index (χ2v) is 8.35. The molecule has 1 fully saturated rings. The number of nitrogens with one attached hydrogen (secondary N) is 2. The molecule has 0 aliphatic heterocycles. The van der Waals surface area contributed by atoms with Gasteiger partial charge < -0.3 is 20.1 Å². The van der Waals surface area contributed by atoms with Gasteiger partial charge in [-0.3, -0.25) is 19.6 Å². The summed E-state index contributed by atoms with van der Waals surface area (Å²) in [7, 11) is 1.28. The maximum Gasteiger partial charge on any atom is 0.420 e. The van der Waals surface area contributed by atoms with Crippen LogP contribution < -0.4 is 20.1 Å². The van der Waals surface area contributed by atoms with E-state index in [1.807, 2.05) is 6.92 Å². The highest BCUT2D eigenvalue weighted by Crippen LogP contribution is 2.40. The number of aryl methyl sites for hydroxylation is 1. The fraction of sp³-hybridized carbons (Fsp3) is 0.280. The molecule has 11 heteroatoms. The van der Waals surface area contributed by atoms with E-state index < -0.39 is 17.3 Å². The molecule has 1 aliphatic rings. The normalized spacial score (nSPS) is 14.0. The third-order valence-corrected chi connectivity index (χ3v) is 5.66. The Morgan fingerprint density at radius 1 is 1.03 bits per heavy atom. The van der Waals surface area contributed by atoms with Gasteiger partial charge in [0.1, 0.15) is 28.4 Å². The molecule has 2 heterocycles. The van der Waals surface area contributed by atoms with Gasteiger partial charge >= 0.3 is 6.18 Å². The number of methoxy groups -OCH3 is 1. The van der Waals surface area contributed by atoms with E-state index in [0.29, 0.717) is 24.1 Å². The first-order chi connectivity index (χ1) is 17.1. The van der Waals surface area contributed by atoms with Crippen LogP contribution in [0.15, 0.2) is 54.9 Å². The van der Waals surface area contributed by atoms with Crippen LogP contribution in [0.25, 0.3) is 0 Å². The molecule has 1 aliphatic carbocycles. The van der Waals surface area contributed by atoms with E-state index in [4.69, 9.17) is 9.47 Å². The number of rotatable bonds is 8. The topological polar surface area (TPSA) is 102 Å². The molecule has 0 bridgehead atoms. The van der Waals surface area contributed by atoms with E-state index in [0.717, 1.165) is 11.8 Å². The van der Waals surface area contributed by atoms with Crippen LogP contribution in [0.3, 0.4) is 0 Å². The summed E-state index contributed by atoms with van der Waals surface area (Å²) < 4.78 is 50.4. The van der Waals surface area contributed by atoms with Gasteiger partial charge in [0.25, 0.3) is 5.91 Å². The number of carbonyl (C=O) groups is 2. The lowest BCUT2D eigenvalue weighted by molar-refractivity contribution is -0.138. The summed E-state index contributed by atoms with van der Waals surface area (Å²) in [5, 5.41) is 5.51. The number of ether oxygens (including phenoxy) is 2. The van der Waals surface area contributed by atoms with Crippen LogP contribution in [-0.4, -0.2) is 34.4 Å². The third-order valence-electron chi connectivity index (χ3n) is 5.66. The van der Waals surface area contributed by atoms with Gasteiger partial charge in [-0.15, -0.1) is 0 Å². The van der Waals surface area contributed by atoms with Crippen molar-refractivity contribution in [2.24, 2.45) is 0 Å². The van der Waals surface area contributed by atoms with Gasteiger partial charge in [0.15, 0.2) is 0 Å². The Labute approximate surface area is 204 Å². The third kappa shape index (κ3) is 5.73. The molecule has 2 N–H and O–H groups in total. The van der Waals surface area contributed by atoms with Gasteiger partial charge in [-0.2, -0.15) is 13.2 Å². The van der Waals surface area contributed by atoms with E-state index in [2.05, 4.69) is 20.6 Å². The molecule has 36 heavy (non-hydrogen) atoms. The number of hydrogen-bond donors (Lipinski definition) is 2. The molecule has 0 unspecified atom stereocenters. The number of hydrogen-bond acceptors (Lipinski definition) is 6. The van der Waals surface area contributed by atoms with Gasteiger partial charge in [0, 0.05) is 11.9 Å². The van der Waals surface area contributed by atoms with Gasteiger partial charge in [-0.25, -0.2) is 0 Å². The van der Waals surface area contributed by atoms with Gasteiger partial charge in [0.05, 0.1) is 31.1 Å². The Balaban J connectivity index is 1.35. The Hall–Kier alpha value is -4.15. The van der Waals surface area contributed by atoms with Crippen molar-refractivity contribution in [3.8, 4) is 17.2 Å². The van der Waals surface area contributed by atoms with Crippen molar-refractivity contribution in [1.82, 2.24) is 20.6 Å². The minimum absolute atomic E-state index is 0.0547. The molecule has 1 aromatic carbocycles. The van der Waals surface area contributed by atoms with Crippen molar-refractivity contribution in [3.63, 3.8) is 0 Å². The summed E-state index contributed by atoms with van der Waals surface area (Å²) in [5.74, 6) is -0.962. The quantitative estimate of drug-likeness (QED) is 0.481. The van der Waals surface area contributed by atoms with Crippen LogP contribution in [0.5, 0.6) is 17.2 Å². The lowest BCUT2D eigenvalue weighted by Crippen LogP contribution is -2.48. The molecule has 0 radical (unpaired) electrons. The predicted molar refractivity (Wildman–Crippen MR) is 123 cm³/mol. The largest absolute Gasteiger partial charge is 0.497 e. The number of nitrogens with zero attached hydrogens (tertiary/aromatic N) is 2. The van der Waals surface area contributed by atoms with Crippen molar-refractivity contribution in [1.29, 1.82) is 0 Å². The van der Waals surface area contributed by atoms with Crippen LogP contribution >= 0.6 is 0 Å². The number of aromatic nitrogens is 2. The minimum Gasteiger partial charge on any atom is -0.497 e. The summed E-state index contributed by atoms with van der Waals surface area (Å²) in [6.07, 6.45) is -0.895. The monoisotopic (exact) mass is 500 g/mol. The Morgan fingerprint density at radius 3 is 2.36 bits per heavy atom. The first-order valence-corrected chi connectivity index (χ1v) is 11.0. The second-order valence-electron chi connectivity index (χ2n) is 8.35. The fourth-order valence-electron chi connectivity index (χ4n) is 3.41. The molecule has 8 nitrogen and oxygen atoms in total. The molecule has 1 saturated carbocycles. The Bertz CT molecular complexity index is 1260. The first kappa shape index (κ1) is 25.0. The van der Waals surface area contributed by atoms with Gasteiger partial charge in [0.2, 0.25) is 5.91 Å². The summed E-state index contributed by atoms with van der Waals surface area (Å²) in [6, 6.07) is 9.74. The smallest absolute Gasteiger partial charge is 0.420 e. The van der Waals surface area contributed by atoms with Crippen LogP contribution in [0.1, 0.15) is 40.2 Å². The minimum atomic E-state index is -4.63. The molecular formula is C25H23F3N4O4. The number of pyridine rings is 2. The molecule has 0 saturated heterocycles. The number of carbonyl (C=O) groups excluding carboxylic acids is 2. The summed E-state index contributed by atoms with van der Waals surface area (Å²) >= 11 is 0. The SMILES string of the molecule is COc1ccc(Oc2ccc(CNC(=O)C3(NC(=O)c4ccc(C)nc4)CC3)nc2)c(C(F)(F)F)c1. The maximum absolute atomic E-state index is 13.4. The molecule has 188 valence electrons. The summed E-state index contributed by atoms with van der Waals surface area (Å²) in [4.78, 5) is 33.4.